The summed E-state index contributed by atoms with van der Waals surface area (Å²) in [5.41, 5.74) is 2.52. The second kappa shape index (κ2) is 6.10. The zero-order valence-corrected chi connectivity index (χ0v) is 10.8. The number of carbonyl (C=O) groups is 2. The molecule has 0 aliphatic carbocycles. The highest BCUT2D eigenvalue weighted by Gasteiger charge is 2.20. The predicted molar refractivity (Wildman–Crippen MR) is 71.3 cm³/mol. The third-order valence-electron chi connectivity index (χ3n) is 2.63. The van der Waals surface area contributed by atoms with Crippen molar-refractivity contribution in [1.82, 2.24) is 10.3 Å². The normalized spacial score (nSPS) is 11.8. The topological polar surface area (TPSA) is 79.3 Å². The van der Waals surface area contributed by atoms with Gasteiger partial charge in [0, 0.05) is 11.9 Å². The number of rotatable bonds is 5. The van der Waals surface area contributed by atoms with E-state index < -0.39 is 11.9 Å². The van der Waals surface area contributed by atoms with E-state index in [0.29, 0.717) is 11.3 Å². The Bertz CT molecular complexity index is 555. The van der Waals surface area contributed by atoms with Crippen molar-refractivity contribution < 1.29 is 14.7 Å². The van der Waals surface area contributed by atoms with Crippen molar-refractivity contribution >= 4 is 23.2 Å². The third-order valence-corrected chi connectivity index (χ3v) is 3.22. The zero-order chi connectivity index (χ0) is 13.7. The number of carboxylic acids is 1. The third kappa shape index (κ3) is 3.38. The Balaban J connectivity index is 2.03. The van der Waals surface area contributed by atoms with Gasteiger partial charge in [0.2, 0.25) is 0 Å². The van der Waals surface area contributed by atoms with Crippen LogP contribution in [-0.2, 0) is 4.79 Å². The molecule has 2 aromatic rings. The van der Waals surface area contributed by atoms with Crippen molar-refractivity contribution in [3.05, 3.63) is 52.5 Å². The first-order valence-corrected chi connectivity index (χ1v) is 6.57. The van der Waals surface area contributed by atoms with E-state index in [1.54, 1.807) is 35.2 Å². The summed E-state index contributed by atoms with van der Waals surface area (Å²) in [5, 5.41) is 13.4. The standard InChI is InChI=1S/C13H12N2O3S/c16-12(11-7-19-8-15-11)14-6-10(13(17)18)9-4-2-1-3-5-9/h1-5,7-8,10H,6H2,(H,14,16)(H,17,18). The molecule has 19 heavy (non-hydrogen) atoms. The fourth-order valence-electron chi connectivity index (χ4n) is 1.64. The Hall–Kier alpha value is -2.21. The van der Waals surface area contributed by atoms with E-state index in [1.807, 2.05) is 6.07 Å². The summed E-state index contributed by atoms with van der Waals surface area (Å²) >= 11 is 1.32. The van der Waals surface area contributed by atoms with Crippen LogP contribution in [0.15, 0.2) is 41.2 Å². The molecule has 0 spiro atoms. The molecule has 98 valence electrons. The number of carboxylic acid groups (broad SMARTS) is 1. The Labute approximate surface area is 113 Å². The van der Waals surface area contributed by atoms with E-state index >= 15 is 0 Å². The van der Waals surface area contributed by atoms with Crippen LogP contribution in [-0.4, -0.2) is 28.5 Å². The molecule has 6 heteroatoms. The highest BCUT2D eigenvalue weighted by Crippen LogP contribution is 2.15. The number of benzene rings is 1. The van der Waals surface area contributed by atoms with Gasteiger partial charge < -0.3 is 10.4 Å². The van der Waals surface area contributed by atoms with Crippen LogP contribution in [0, 0.1) is 0 Å². The number of amides is 1. The Morgan fingerprint density at radius 1 is 1.32 bits per heavy atom. The smallest absolute Gasteiger partial charge is 0.312 e. The number of carbonyl (C=O) groups excluding carboxylic acids is 1. The number of nitrogens with one attached hydrogen (secondary N) is 1. The predicted octanol–water partition coefficient (Wildman–Crippen LogP) is 1.74. The van der Waals surface area contributed by atoms with Crippen molar-refractivity contribution in [2.24, 2.45) is 0 Å². The summed E-state index contributed by atoms with van der Waals surface area (Å²) in [7, 11) is 0. The molecule has 0 bridgehead atoms. The van der Waals surface area contributed by atoms with Gasteiger partial charge >= 0.3 is 5.97 Å². The molecule has 0 radical (unpaired) electrons. The minimum atomic E-state index is -0.968. The van der Waals surface area contributed by atoms with Crippen LogP contribution >= 0.6 is 11.3 Å². The fraction of sp³-hybridized carbons (Fsp3) is 0.154. The lowest BCUT2D eigenvalue weighted by Gasteiger charge is -2.13. The molecule has 0 aliphatic rings. The van der Waals surface area contributed by atoms with Crippen LogP contribution in [0.4, 0.5) is 0 Å². The van der Waals surface area contributed by atoms with Gasteiger partial charge in [-0.05, 0) is 5.56 Å². The van der Waals surface area contributed by atoms with Gasteiger partial charge in [0.25, 0.3) is 5.91 Å². The molecule has 1 amide bonds. The van der Waals surface area contributed by atoms with Gasteiger partial charge in [0.05, 0.1) is 11.4 Å². The quantitative estimate of drug-likeness (QED) is 0.871. The SMILES string of the molecule is O=C(NCC(C(=O)O)c1ccccc1)c1cscn1. The number of hydrogen-bond donors (Lipinski definition) is 2. The van der Waals surface area contributed by atoms with E-state index in [-0.39, 0.29) is 12.5 Å². The zero-order valence-electron chi connectivity index (χ0n) is 9.95. The lowest BCUT2D eigenvalue weighted by Crippen LogP contribution is -2.31. The highest BCUT2D eigenvalue weighted by molar-refractivity contribution is 7.07. The molecule has 2 N–H and O–H groups in total. The molecule has 1 aromatic carbocycles. The van der Waals surface area contributed by atoms with Gasteiger partial charge in [0.1, 0.15) is 5.69 Å². The van der Waals surface area contributed by atoms with Crippen LogP contribution < -0.4 is 5.32 Å². The van der Waals surface area contributed by atoms with Gasteiger partial charge in [-0.3, -0.25) is 9.59 Å². The van der Waals surface area contributed by atoms with Gasteiger partial charge in [0.15, 0.2) is 0 Å². The van der Waals surface area contributed by atoms with Gasteiger partial charge in [-0.25, -0.2) is 4.98 Å². The second-order valence-corrected chi connectivity index (χ2v) is 4.60. The van der Waals surface area contributed by atoms with Crippen LogP contribution in [0.2, 0.25) is 0 Å². The summed E-state index contributed by atoms with van der Waals surface area (Å²) in [5.74, 6) is -2.09. The molecule has 0 saturated carbocycles. The minimum absolute atomic E-state index is 0.0374. The average Bonchev–Trinajstić information content (AvgIpc) is 2.93. The first kappa shape index (κ1) is 13.2. The van der Waals surface area contributed by atoms with Crippen molar-refractivity contribution in [3.8, 4) is 0 Å². The van der Waals surface area contributed by atoms with Crippen molar-refractivity contribution in [3.63, 3.8) is 0 Å². The molecular weight excluding hydrogens is 264 g/mol. The number of hydrogen-bond acceptors (Lipinski definition) is 4. The summed E-state index contributed by atoms with van der Waals surface area (Å²) in [6.07, 6.45) is 0. The summed E-state index contributed by atoms with van der Waals surface area (Å²) in [6.45, 7) is 0.0374. The molecule has 5 nitrogen and oxygen atoms in total. The highest BCUT2D eigenvalue weighted by atomic mass is 32.1. The molecule has 1 atom stereocenters. The second-order valence-electron chi connectivity index (χ2n) is 3.89. The first-order valence-electron chi connectivity index (χ1n) is 5.62. The largest absolute Gasteiger partial charge is 0.481 e. The van der Waals surface area contributed by atoms with E-state index in [0.717, 1.165) is 0 Å². The Morgan fingerprint density at radius 3 is 2.63 bits per heavy atom. The number of aliphatic carboxylic acids is 1. The first-order chi connectivity index (χ1) is 9.18. The molecule has 0 aliphatic heterocycles. The van der Waals surface area contributed by atoms with Gasteiger partial charge in [-0.1, -0.05) is 30.3 Å². The molecule has 0 fully saturated rings. The van der Waals surface area contributed by atoms with Crippen LogP contribution in [0.25, 0.3) is 0 Å². The van der Waals surface area contributed by atoms with Crippen LogP contribution in [0.3, 0.4) is 0 Å². The molecule has 0 saturated heterocycles. The van der Waals surface area contributed by atoms with Crippen molar-refractivity contribution in [2.45, 2.75) is 5.92 Å². The summed E-state index contributed by atoms with van der Waals surface area (Å²) in [6, 6.07) is 8.82. The van der Waals surface area contributed by atoms with E-state index in [9.17, 15) is 14.7 Å². The van der Waals surface area contributed by atoms with Crippen molar-refractivity contribution in [2.75, 3.05) is 6.54 Å². The van der Waals surface area contributed by atoms with E-state index in [4.69, 9.17) is 0 Å². The summed E-state index contributed by atoms with van der Waals surface area (Å²) in [4.78, 5) is 26.8. The summed E-state index contributed by atoms with van der Waals surface area (Å²) < 4.78 is 0. The minimum Gasteiger partial charge on any atom is -0.481 e. The lowest BCUT2D eigenvalue weighted by molar-refractivity contribution is -0.138. The maximum absolute atomic E-state index is 11.7. The molecule has 1 aromatic heterocycles. The monoisotopic (exact) mass is 276 g/mol. The van der Waals surface area contributed by atoms with Crippen LogP contribution in [0.1, 0.15) is 22.0 Å². The van der Waals surface area contributed by atoms with Crippen molar-refractivity contribution in [1.29, 1.82) is 0 Å². The Morgan fingerprint density at radius 2 is 2.05 bits per heavy atom. The number of aromatic nitrogens is 1. The fourth-order valence-corrected chi connectivity index (χ4v) is 2.18. The lowest BCUT2D eigenvalue weighted by atomic mass is 9.99. The molecule has 1 heterocycles. The maximum Gasteiger partial charge on any atom is 0.312 e. The number of nitrogens with zero attached hydrogens (tertiary/aromatic N) is 1. The Kier molecular flexibility index (Phi) is 4.25. The van der Waals surface area contributed by atoms with E-state index in [2.05, 4.69) is 10.3 Å². The van der Waals surface area contributed by atoms with E-state index in [1.165, 1.54) is 11.3 Å². The van der Waals surface area contributed by atoms with Gasteiger partial charge in [-0.2, -0.15) is 0 Å². The van der Waals surface area contributed by atoms with Crippen LogP contribution in [0.5, 0.6) is 0 Å². The van der Waals surface area contributed by atoms with Gasteiger partial charge in [-0.15, -0.1) is 11.3 Å². The number of thiazole rings is 1. The average molecular weight is 276 g/mol. The molecule has 2 rings (SSSR count). The molecule has 1 unspecified atom stereocenters. The maximum atomic E-state index is 11.7. The molecular formula is C13H12N2O3S.